The molecule has 1 aromatic carbocycles. The Hall–Kier alpha value is -0.437. The van der Waals surface area contributed by atoms with Crippen molar-refractivity contribution in [1.82, 2.24) is 0 Å². The van der Waals surface area contributed by atoms with Crippen LogP contribution in [0.4, 0.5) is 5.69 Å². The van der Waals surface area contributed by atoms with Crippen LogP contribution in [0.25, 0.3) is 0 Å². The van der Waals surface area contributed by atoms with Crippen molar-refractivity contribution in [2.75, 3.05) is 5.73 Å². The Morgan fingerprint density at radius 2 is 1.45 bits per heavy atom. The first kappa shape index (κ1) is 8.66. The Kier molecular flexibility index (Phi) is 2.28. The second kappa shape index (κ2) is 2.89. The number of benzene rings is 1. The van der Waals surface area contributed by atoms with Crippen LogP contribution in [0, 0.1) is 0 Å². The van der Waals surface area contributed by atoms with Crippen LogP contribution in [0.2, 0.25) is 17.3 Å². The number of nitrogens with two attached hydrogens (primary N) is 1. The van der Waals surface area contributed by atoms with Crippen LogP contribution in [0.1, 0.15) is 0 Å². The molecular formula is C9H15GeN. The Morgan fingerprint density at radius 3 is 1.82 bits per heavy atom. The van der Waals surface area contributed by atoms with Crippen LogP contribution in [0.5, 0.6) is 0 Å². The topological polar surface area (TPSA) is 26.0 Å². The molecule has 2 heteroatoms. The fourth-order valence-corrected chi connectivity index (χ4v) is 3.43. The van der Waals surface area contributed by atoms with Crippen molar-refractivity contribution in [2.45, 2.75) is 17.3 Å². The first-order chi connectivity index (χ1) is 5.00. The summed E-state index contributed by atoms with van der Waals surface area (Å²) in [7, 11) is 0. The van der Waals surface area contributed by atoms with E-state index in [2.05, 4.69) is 29.4 Å². The van der Waals surface area contributed by atoms with Gasteiger partial charge in [-0.25, -0.2) is 0 Å². The number of rotatable bonds is 1. The van der Waals surface area contributed by atoms with Gasteiger partial charge in [0.15, 0.2) is 0 Å². The van der Waals surface area contributed by atoms with Crippen LogP contribution in [-0.4, -0.2) is 13.3 Å². The molecule has 2 N–H and O–H groups in total. The zero-order chi connectivity index (χ0) is 8.48. The molecule has 0 fully saturated rings. The summed E-state index contributed by atoms with van der Waals surface area (Å²) in [5, 5.41) is 0. The number of anilines is 1. The van der Waals surface area contributed by atoms with E-state index >= 15 is 0 Å². The van der Waals surface area contributed by atoms with E-state index in [1.165, 1.54) is 4.40 Å². The summed E-state index contributed by atoms with van der Waals surface area (Å²) < 4.78 is 1.51. The minimum absolute atomic E-state index is 0.861. The van der Waals surface area contributed by atoms with Crippen molar-refractivity contribution in [3.63, 3.8) is 0 Å². The molecule has 1 aromatic rings. The SMILES string of the molecule is [CH3][Ge]([CH3])([CH3])[c]1ccc(N)cc1. The van der Waals surface area contributed by atoms with Gasteiger partial charge in [-0.05, 0) is 0 Å². The fraction of sp³-hybridized carbons (Fsp3) is 0.333. The third-order valence-corrected chi connectivity index (χ3v) is 6.11. The first-order valence-corrected chi connectivity index (χ1v) is 11.2. The van der Waals surface area contributed by atoms with Gasteiger partial charge in [0.25, 0.3) is 0 Å². The van der Waals surface area contributed by atoms with Crippen molar-refractivity contribution in [2.24, 2.45) is 0 Å². The Bertz CT molecular complexity index is 233. The summed E-state index contributed by atoms with van der Waals surface area (Å²) in [6, 6.07) is 8.31. The first-order valence-electron chi connectivity index (χ1n) is 3.86. The second-order valence-corrected chi connectivity index (χ2v) is 14.5. The van der Waals surface area contributed by atoms with Gasteiger partial charge >= 0.3 is 70.6 Å². The van der Waals surface area contributed by atoms with E-state index in [1.807, 2.05) is 12.1 Å². The molecule has 0 spiro atoms. The molecule has 0 saturated heterocycles. The Labute approximate surface area is 71.0 Å². The molecule has 0 aliphatic carbocycles. The molecule has 0 radical (unpaired) electrons. The van der Waals surface area contributed by atoms with E-state index in [0.29, 0.717) is 0 Å². The van der Waals surface area contributed by atoms with E-state index in [0.717, 1.165) is 5.69 Å². The molecule has 1 nitrogen and oxygen atoms in total. The third-order valence-electron chi connectivity index (χ3n) is 1.78. The van der Waals surface area contributed by atoms with Crippen LogP contribution >= 0.6 is 0 Å². The molecule has 60 valence electrons. The van der Waals surface area contributed by atoms with E-state index in [-0.39, 0.29) is 0 Å². The van der Waals surface area contributed by atoms with Crippen molar-refractivity contribution in [1.29, 1.82) is 0 Å². The number of nitrogen functional groups attached to an aromatic ring is 1. The molecule has 0 atom stereocenters. The Morgan fingerprint density at radius 1 is 1.00 bits per heavy atom. The predicted molar refractivity (Wildman–Crippen MR) is 53.8 cm³/mol. The summed E-state index contributed by atoms with van der Waals surface area (Å²) in [6.07, 6.45) is 0. The molecule has 0 heterocycles. The van der Waals surface area contributed by atoms with Gasteiger partial charge in [-0.15, -0.1) is 0 Å². The average Bonchev–Trinajstić information content (AvgIpc) is 1.86. The summed E-state index contributed by atoms with van der Waals surface area (Å²) in [6.45, 7) is 0. The molecular weight excluding hydrogens is 195 g/mol. The maximum atomic E-state index is 5.59. The van der Waals surface area contributed by atoms with Crippen LogP contribution in [0.15, 0.2) is 24.3 Å². The van der Waals surface area contributed by atoms with Gasteiger partial charge in [-0.2, -0.15) is 0 Å². The van der Waals surface area contributed by atoms with Crippen molar-refractivity contribution >= 4 is 23.3 Å². The fourth-order valence-electron chi connectivity index (χ4n) is 0.983. The standard InChI is InChI=1S/C9H15GeN/c1-10(2,3)8-4-6-9(11)7-5-8/h4-7H,11H2,1-3H3. The summed E-state index contributed by atoms with van der Waals surface area (Å²) in [5.41, 5.74) is 6.45. The number of hydrogen-bond acceptors (Lipinski definition) is 1. The summed E-state index contributed by atoms with van der Waals surface area (Å²) in [4.78, 5) is 0. The third kappa shape index (κ3) is 2.26. The average molecular weight is 210 g/mol. The van der Waals surface area contributed by atoms with Crippen molar-refractivity contribution < 1.29 is 0 Å². The van der Waals surface area contributed by atoms with E-state index in [9.17, 15) is 0 Å². The van der Waals surface area contributed by atoms with Gasteiger partial charge in [0, 0.05) is 0 Å². The van der Waals surface area contributed by atoms with E-state index in [1.54, 1.807) is 0 Å². The molecule has 0 aliphatic heterocycles. The van der Waals surface area contributed by atoms with Gasteiger partial charge in [0.1, 0.15) is 0 Å². The summed E-state index contributed by atoms with van der Waals surface area (Å²) >= 11 is -1.58. The summed E-state index contributed by atoms with van der Waals surface area (Å²) in [5.74, 6) is 7.14. The molecule has 0 unspecified atom stereocenters. The molecule has 11 heavy (non-hydrogen) atoms. The van der Waals surface area contributed by atoms with Crippen LogP contribution < -0.4 is 10.1 Å². The van der Waals surface area contributed by atoms with Gasteiger partial charge in [-0.1, -0.05) is 0 Å². The zero-order valence-corrected chi connectivity index (χ0v) is 9.48. The molecule has 0 amide bonds. The molecule has 0 saturated carbocycles. The van der Waals surface area contributed by atoms with Crippen LogP contribution in [-0.2, 0) is 0 Å². The van der Waals surface area contributed by atoms with Crippen molar-refractivity contribution in [3.05, 3.63) is 24.3 Å². The van der Waals surface area contributed by atoms with Gasteiger partial charge < -0.3 is 0 Å². The van der Waals surface area contributed by atoms with Gasteiger partial charge in [0.05, 0.1) is 0 Å². The van der Waals surface area contributed by atoms with Crippen molar-refractivity contribution in [3.8, 4) is 0 Å². The molecule has 1 rings (SSSR count). The molecule has 0 bridgehead atoms. The monoisotopic (exact) mass is 211 g/mol. The number of hydrogen-bond donors (Lipinski definition) is 1. The quantitative estimate of drug-likeness (QED) is 0.554. The van der Waals surface area contributed by atoms with Gasteiger partial charge in [-0.3, -0.25) is 0 Å². The zero-order valence-electron chi connectivity index (χ0n) is 7.39. The molecule has 0 aromatic heterocycles. The normalized spacial score (nSPS) is 11.5. The maximum absolute atomic E-state index is 5.59. The van der Waals surface area contributed by atoms with E-state index in [4.69, 9.17) is 5.73 Å². The van der Waals surface area contributed by atoms with Crippen LogP contribution in [0.3, 0.4) is 0 Å². The van der Waals surface area contributed by atoms with Gasteiger partial charge in [0.2, 0.25) is 0 Å². The van der Waals surface area contributed by atoms with E-state index < -0.39 is 13.3 Å². The second-order valence-electron chi connectivity index (χ2n) is 3.87. The Balaban J connectivity index is 2.99. The molecule has 0 aliphatic rings. The predicted octanol–water partition coefficient (Wildman–Crippen LogP) is 1.81. The minimum atomic E-state index is -1.58.